The van der Waals surface area contributed by atoms with Crippen molar-refractivity contribution in [2.24, 2.45) is 0 Å². The van der Waals surface area contributed by atoms with Gasteiger partial charge in [0.1, 0.15) is 0 Å². The van der Waals surface area contributed by atoms with Gasteiger partial charge in [0.05, 0.1) is 0 Å². The first kappa shape index (κ1) is 16.0. The third-order valence-electron chi connectivity index (χ3n) is 3.59. The third-order valence-corrected chi connectivity index (χ3v) is 3.59. The number of amides is 1. The second-order valence-electron chi connectivity index (χ2n) is 5.27. The highest BCUT2D eigenvalue weighted by Crippen LogP contribution is 2.17. The summed E-state index contributed by atoms with van der Waals surface area (Å²) in [6.07, 6.45) is 0.473. The second-order valence-corrected chi connectivity index (χ2v) is 5.27. The summed E-state index contributed by atoms with van der Waals surface area (Å²) >= 11 is 0. The Morgan fingerprint density at radius 3 is 2.32 bits per heavy atom. The van der Waals surface area contributed by atoms with Gasteiger partial charge < -0.3 is 4.90 Å². The van der Waals surface area contributed by atoms with Crippen molar-refractivity contribution >= 4 is 17.4 Å². The Kier molecular flexibility index (Phi) is 5.48. The average Bonchev–Trinajstić information content (AvgIpc) is 2.54. The molecule has 0 saturated carbocycles. The Labute approximate surface area is 131 Å². The van der Waals surface area contributed by atoms with Crippen LogP contribution in [0.3, 0.4) is 0 Å². The molecule has 0 spiro atoms. The lowest BCUT2D eigenvalue weighted by Gasteiger charge is -2.21. The van der Waals surface area contributed by atoms with Crippen LogP contribution in [0.4, 0.5) is 5.69 Å². The number of aryl methyl sites for hydroxylation is 1. The van der Waals surface area contributed by atoms with Gasteiger partial charge in [-0.2, -0.15) is 0 Å². The van der Waals surface area contributed by atoms with Crippen molar-refractivity contribution < 1.29 is 9.59 Å². The predicted octanol–water partition coefficient (Wildman–Crippen LogP) is 4.01. The standard InChI is InChI=1S/C19H21NO2/c1-3-20(17-11-7-8-15(2)14-17)19(22)13-12-18(21)16-9-5-4-6-10-16/h4-11,14H,3,12-13H2,1-2H3. The average molecular weight is 295 g/mol. The van der Waals surface area contributed by atoms with Crippen LogP contribution >= 0.6 is 0 Å². The van der Waals surface area contributed by atoms with Crippen molar-refractivity contribution in [2.45, 2.75) is 26.7 Å². The molecule has 0 N–H and O–H groups in total. The predicted molar refractivity (Wildman–Crippen MR) is 89.2 cm³/mol. The van der Waals surface area contributed by atoms with E-state index in [-0.39, 0.29) is 24.5 Å². The number of ketones is 1. The van der Waals surface area contributed by atoms with Crippen LogP contribution in [0.25, 0.3) is 0 Å². The lowest BCUT2D eigenvalue weighted by atomic mass is 10.1. The van der Waals surface area contributed by atoms with Gasteiger partial charge >= 0.3 is 0 Å². The number of Topliss-reactive ketones (excluding diaryl/α,β-unsaturated/α-hetero) is 1. The molecule has 3 heteroatoms. The summed E-state index contributed by atoms with van der Waals surface area (Å²) in [5.74, 6) is -0.00775. The van der Waals surface area contributed by atoms with Gasteiger partial charge in [-0.25, -0.2) is 0 Å². The van der Waals surface area contributed by atoms with Crippen molar-refractivity contribution in [3.63, 3.8) is 0 Å². The van der Waals surface area contributed by atoms with Crippen LogP contribution in [0.15, 0.2) is 54.6 Å². The van der Waals surface area contributed by atoms with Crippen LogP contribution < -0.4 is 4.90 Å². The third kappa shape index (κ3) is 4.04. The molecule has 22 heavy (non-hydrogen) atoms. The summed E-state index contributed by atoms with van der Waals surface area (Å²) < 4.78 is 0. The zero-order valence-corrected chi connectivity index (χ0v) is 13.1. The maximum absolute atomic E-state index is 12.4. The van der Waals surface area contributed by atoms with Gasteiger partial charge in [-0.3, -0.25) is 9.59 Å². The van der Waals surface area contributed by atoms with Crippen LogP contribution in [0.1, 0.15) is 35.7 Å². The van der Waals surface area contributed by atoms with Gasteiger partial charge in [0.25, 0.3) is 0 Å². The van der Waals surface area contributed by atoms with E-state index in [4.69, 9.17) is 0 Å². The number of hydrogen-bond acceptors (Lipinski definition) is 2. The first-order chi connectivity index (χ1) is 10.6. The van der Waals surface area contributed by atoms with Gasteiger partial charge in [-0.1, -0.05) is 42.5 Å². The first-order valence-electron chi connectivity index (χ1n) is 7.57. The molecule has 0 fully saturated rings. The molecule has 0 atom stereocenters. The molecular weight excluding hydrogens is 274 g/mol. The number of nitrogens with zero attached hydrogens (tertiary/aromatic N) is 1. The summed E-state index contributed by atoms with van der Waals surface area (Å²) in [5.41, 5.74) is 2.66. The van der Waals surface area contributed by atoms with Gasteiger partial charge in [-0.15, -0.1) is 0 Å². The molecule has 0 aliphatic carbocycles. The Balaban J connectivity index is 2.00. The molecule has 2 aromatic carbocycles. The minimum Gasteiger partial charge on any atom is -0.313 e. The molecule has 0 unspecified atom stereocenters. The highest BCUT2D eigenvalue weighted by molar-refractivity contribution is 6.00. The van der Waals surface area contributed by atoms with Crippen molar-refractivity contribution in [2.75, 3.05) is 11.4 Å². The Hall–Kier alpha value is -2.42. The van der Waals surface area contributed by atoms with Gasteiger partial charge in [0.15, 0.2) is 5.78 Å². The number of carbonyl (C=O) groups excluding carboxylic acids is 2. The maximum atomic E-state index is 12.4. The molecule has 3 nitrogen and oxygen atoms in total. The number of rotatable bonds is 6. The SMILES string of the molecule is CCN(C(=O)CCC(=O)c1ccccc1)c1cccc(C)c1. The summed E-state index contributed by atoms with van der Waals surface area (Å²) in [7, 11) is 0. The van der Waals surface area contributed by atoms with E-state index in [2.05, 4.69) is 0 Å². The summed E-state index contributed by atoms with van der Waals surface area (Å²) in [6.45, 7) is 4.54. The zero-order chi connectivity index (χ0) is 15.9. The second kappa shape index (κ2) is 7.55. The number of benzene rings is 2. The summed E-state index contributed by atoms with van der Waals surface area (Å²) in [6, 6.07) is 17.0. The minimum atomic E-state index is -0.0163. The van der Waals surface area contributed by atoms with Gasteiger partial charge in [0, 0.05) is 30.6 Å². The van der Waals surface area contributed by atoms with Gasteiger partial charge in [0.2, 0.25) is 5.91 Å². The molecule has 0 bridgehead atoms. The van der Waals surface area contributed by atoms with E-state index in [1.807, 2.05) is 56.3 Å². The van der Waals surface area contributed by atoms with Crippen LogP contribution in [0.5, 0.6) is 0 Å². The molecule has 2 rings (SSSR count). The topological polar surface area (TPSA) is 37.4 Å². The molecule has 114 valence electrons. The van der Waals surface area contributed by atoms with Crippen LogP contribution in [-0.4, -0.2) is 18.2 Å². The first-order valence-corrected chi connectivity index (χ1v) is 7.57. The van der Waals surface area contributed by atoms with E-state index in [9.17, 15) is 9.59 Å². The molecule has 0 radical (unpaired) electrons. The maximum Gasteiger partial charge on any atom is 0.227 e. The molecule has 0 aliphatic heterocycles. The monoisotopic (exact) mass is 295 g/mol. The van der Waals surface area contributed by atoms with E-state index in [1.54, 1.807) is 17.0 Å². The van der Waals surface area contributed by atoms with E-state index in [0.717, 1.165) is 11.3 Å². The highest BCUT2D eigenvalue weighted by atomic mass is 16.2. The molecule has 1 amide bonds. The van der Waals surface area contributed by atoms with Gasteiger partial charge in [-0.05, 0) is 31.5 Å². The van der Waals surface area contributed by atoms with E-state index >= 15 is 0 Å². The van der Waals surface area contributed by atoms with Crippen molar-refractivity contribution in [3.05, 3.63) is 65.7 Å². The fourth-order valence-corrected chi connectivity index (χ4v) is 2.42. The van der Waals surface area contributed by atoms with Crippen molar-refractivity contribution in [1.82, 2.24) is 0 Å². The molecule has 0 saturated heterocycles. The Morgan fingerprint density at radius 2 is 1.68 bits per heavy atom. The summed E-state index contributed by atoms with van der Waals surface area (Å²) in [4.78, 5) is 26.2. The quantitative estimate of drug-likeness (QED) is 0.755. The molecule has 0 aliphatic rings. The minimum absolute atomic E-state index is 0.00856. The Morgan fingerprint density at radius 1 is 0.955 bits per heavy atom. The lowest BCUT2D eigenvalue weighted by Crippen LogP contribution is -2.30. The van der Waals surface area contributed by atoms with E-state index in [0.29, 0.717) is 12.1 Å². The fourth-order valence-electron chi connectivity index (χ4n) is 2.42. The zero-order valence-electron chi connectivity index (χ0n) is 13.1. The molecule has 2 aromatic rings. The smallest absolute Gasteiger partial charge is 0.227 e. The van der Waals surface area contributed by atoms with Crippen molar-refractivity contribution in [3.8, 4) is 0 Å². The fraction of sp³-hybridized carbons (Fsp3) is 0.263. The van der Waals surface area contributed by atoms with E-state index < -0.39 is 0 Å². The lowest BCUT2D eigenvalue weighted by molar-refractivity contribution is -0.118. The number of carbonyl (C=O) groups is 2. The molecule has 0 heterocycles. The Bertz CT molecular complexity index is 649. The molecular formula is C19H21NO2. The normalized spacial score (nSPS) is 10.3. The van der Waals surface area contributed by atoms with Crippen molar-refractivity contribution in [1.29, 1.82) is 0 Å². The number of anilines is 1. The summed E-state index contributed by atoms with van der Waals surface area (Å²) in [5, 5.41) is 0. The van der Waals surface area contributed by atoms with Crippen LogP contribution in [-0.2, 0) is 4.79 Å². The number of hydrogen-bond donors (Lipinski definition) is 0. The molecule has 0 aromatic heterocycles. The largest absolute Gasteiger partial charge is 0.313 e. The van der Waals surface area contributed by atoms with E-state index in [1.165, 1.54) is 0 Å². The van der Waals surface area contributed by atoms with Crippen LogP contribution in [0.2, 0.25) is 0 Å². The van der Waals surface area contributed by atoms with Crippen LogP contribution in [0, 0.1) is 6.92 Å². The highest BCUT2D eigenvalue weighted by Gasteiger charge is 2.16.